The van der Waals surface area contributed by atoms with Gasteiger partial charge < -0.3 is 10.2 Å². The van der Waals surface area contributed by atoms with Crippen LogP contribution in [0.15, 0.2) is 53.4 Å². The van der Waals surface area contributed by atoms with Crippen LogP contribution < -0.4 is 5.32 Å². The zero-order chi connectivity index (χ0) is 25.1. The van der Waals surface area contributed by atoms with Gasteiger partial charge in [-0.2, -0.15) is 17.5 Å². The highest BCUT2D eigenvalue weighted by Gasteiger charge is 2.34. The Balaban J connectivity index is 1.67. The van der Waals surface area contributed by atoms with Gasteiger partial charge in [0, 0.05) is 25.2 Å². The highest BCUT2D eigenvalue weighted by molar-refractivity contribution is 7.89. The van der Waals surface area contributed by atoms with E-state index in [9.17, 15) is 31.2 Å². The minimum Gasteiger partial charge on any atom is -0.332 e. The van der Waals surface area contributed by atoms with E-state index in [1.807, 2.05) is 6.92 Å². The summed E-state index contributed by atoms with van der Waals surface area (Å²) in [6.45, 7) is 1.82. The molecule has 3 rings (SSSR count). The Bertz CT molecular complexity index is 1150. The van der Waals surface area contributed by atoms with Crippen LogP contribution in [0, 0.1) is 0 Å². The Hall–Kier alpha value is -2.92. The number of nitrogens with one attached hydrogen (secondary N) is 1. The normalized spacial score (nSPS) is 17.3. The molecule has 1 N–H and O–H groups in total. The number of anilines is 1. The number of hydrogen-bond acceptors (Lipinski definition) is 4. The second kappa shape index (κ2) is 10.1. The molecule has 0 aliphatic carbocycles. The molecule has 1 aliphatic heterocycles. The van der Waals surface area contributed by atoms with Crippen LogP contribution in [0.4, 0.5) is 18.9 Å². The maximum atomic E-state index is 13.1. The summed E-state index contributed by atoms with van der Waals surface area (Å²) < 4.78 is 66.6. The van der Waals surface area contributed by atoms with Gasteiger partial charge in [-0.1, -0.05) is 18.6 Å². The second-order valence-electron chi connectivity index (χ2n) is 8.24. The molecular formula is C23H26F3N3O4S. The summed E-state index contributed by atoms with van der Waals surface area (Å²) in [6.07, 6.45) is -2.08. The Morgan fingerprint density at radius 2 is 1.74 bits per heavy atom. The Morgan fingerprint density at radius 3 is 2.35 bits per heavy atom. The summed E-state index contributed by atoms with van der Waals surface area (Å²) in [5.41, 5.74) is -1.24. The monoisotopic (exact) mass is 497 g/mol. The van der Waals surface area contributed by atoms with E-state index < -0.39 is 45.8 Å². The Labute approximate surface area is 196 Å². The van der Waals surface area contributed by atoms with Crippen LogP contribution >= 0.6 is 0 Å². The zero-order valence-electron chi connectivity index (χ0n) is 18.8. The quantitative estimate of drug-likeness (QED) is 0.654. The fraction of sp³-hybridized carbons (Fsp3) is 0.391. The minimum atomic E-state index is -4.64. The van der Waals surface area contributed by atoms with Gasteiger partial charge in [0.25, 0.3) is 5.91 Å². The molecule has 34 heavy (non-hydrogen) atoms. The fourth-order valence-electron chi connectivity index (χ4n) is 3.87. The van der Waals surface area contributed by atoms with E-state index in [0.717, 1.165) is 36.3 Å². The van der Waals surface area contributed by atoms with E-state index in [4.69, 9.17) is 0 Å². The number of sulfonamides is 1. The Morgan fingerprint density at radius 1 is 1.09 bits per heavy atom. The van der Waals surface area contributed by atoms with Crippen LogP contribution in [0.25, 0.3) is 0 Å². The second-order valence-corrected chi connectivity index (χ2v) is 10.1. The van der Waals surface area contributed by atoms with Crippen LogP contribution in [0.1, 0.15) is 42.1 Å². The summed E-state index contributed by atoms with van der Waals surface area (Å²) in [5, 5.41) is 2.19. The number of hydrogen-bond donors (Lipinski definition) is 1. The smallest absolute Gasteiger partial charge is 0.332 e. The number of nitrogens with zero attached hydrogens (tertiary/aromatic N) is 2. The number of amides is 2. The maximum Gasteiger partial charge on any atom is 0.418 e. The summed E-state index contributed by atoms with van der Waals surface area (Å²) in [7, 11) is -2.36. The summed E-state index contributed by atoms with van der Waals surface area (Å²) >= 11 is 0. The first kappa shape index (κ1) is 25.7. The lowest BCUT2D eigenvalue weighted by Crippen LogP contribution is -2.41. The van der Waals surface area contributed by atoms with Crippen molar-refractivity contribution in [3.63, 3.8) is 0 Å². The van der Waals surface area contributed by atoms with E-state index in [1.54, 1.807) is 0 Å². The molecule has 1 aliphatic rings. The van der Waals surface area contributed by atoms with Gasteiger partial charge in [0.2, 0.25) is 15.9 Å². The first-order valence-electron chi connectivity index (χ1n) is 10.7. The molecular weight excluding hydrogens is 471 g/mol. The molecule has 0 saturated carbocycles. The third kappa shape index (κ3) is 5.76. The maximum absolute atomic E-state index is 13.1. The van der Waals surface area contributed by atoms with Crippen molar-refractivity contribution in [1.29, 1.82) is 0 Å². The lowest BCUT2D eigenvalue weighted by atomic mass is 10.1. The SMILES string of the molecule is C[C@H]1CCCCN1S(=O)(=O)c1ccc(C(=O)N(C)CC(=O)Nc2ccccc2C(F)(F)F)cc1. The first-order chi connectivity index (χ1) is 15.9. The molecule has 1 heterocycles. The molecule has 2 aromatic rings. The molecule has 184 valence electrons. The van der Waals surface area contributed by atoms with Crippen molar-refractivity contribution in [1.82, 2.24) is 9.21 Å². The van der Waals surface area contributed by atoms with Gasteiger partial charge in [-0.3, -0.25) is 9.59 Å². The molecule has 1 saturated heterocycles. The zero-order valence-corrected chi connectivity index (χ0v) is 19.6. The summed E-state index contributed by atoms with van der Waals surface area (Å²) in [5.74, 6) is -1.37. The van der Waals surface area contributed by atoms with Crippen molar-refractivity contribution >= 4 is 27.5 Å². The number of carbonyl (C=O) groups excluding carboxylic acids is 2. The van der Waals surface area contributed by atoms with Gasteiger partial charge >= 0.3 is 6.18 Å². The molecule has 0 aromatic heterocycles. The lowest BCUT2D eigenvalue weighted by molar-refractivity contribution is -0.137. The van der Waals surface area contributed by atoms with Crippen LogP contribution in [-0.2, 0) is 21.0 Å². The lowest BCUT2D eigenvalue weighted by Gasteiger charge is -2.32. The van der Waals surface area contributed by atoms with Gasteiger partial charge in [0.15, 0.2) is 0 Å². The molecule has 0 bridgehead atoms. The number of rotatable bonds is 6. The van der Waals surface area contributed by atoms with Crippen LogP contribution in [0.2, 0.25) is 0 Å². The van der Waals surface area contributed by atoms with Gasteiger partial charge in [0.05, 0.1) is 22.7 Å². The molecule has 0 unspecified atom stereocenters. The topological polar surface area (TPSA) is 86.8 Å². The van der Waals surface area contributed by atoms with E-state index in [1.165, 1.54) is 47.8 Å². The van der Waals surface area contributed by atoms with Crippen LogP contribution in [-0.4, -0.2) is 55.6 Å². The van der Waals surface area contributed by atoms with E-state index >= 15 is 0 Å². The standard InChI is InChI=1S/C23H26F3N3O4S/c1-16-7-5-6-14-29(16)34(32,33)18-12-10-17(11-13-18)22(31)28(2)15-21(30)27-20-9-4-3-8-19(20)23(24,25)26/h3-4,8-13,16H,5-7,14-15H2,1-2H3,(H,27,30)/t16-/m0/s1. The number of alkyl halides is 3. The van der Waals surface area contributed by atoms with Crippen LogP contribution in [0.5, 0.6) is 0 Å². The third-order valence-corrected chi connectivity index (χ3v) is 7.71. The minimum absolute atomic E-state index is 0.0713. The van der Waals surface area contributed by atoms with Crippen LogP contribution in [0.3, 0.4) is 0 Å². The molecule has 0 radical (unpaired) electrons. The fourth-order valence-corrected chi connectivity index (χ4v) is 5.57. The van der Waals surface area contributed by atoms with Crippen molar-refractivity contribution in [2.75, 3.05) is 25.5 Å². The molecule has 2 aromatic carbocycles. The predicted molar refractivity (Wildman–Crippen MR) is 121 cm³/mol. The predicted octanol–water partition coefficient (Wildman–Crippen LogP) is 3.98. The average Bonchev–Trinajstić information content (AvgIpc) is 2.78. The molecule has 11 heteroatoms. The highest BCUT2D eigenvalue weighted by atomic mass is 32.2. The molecule has 0 spiro atoms. The number of halogens is 3. The van der Waals surface area contributed by atoms with Crippen molar-refractivity contribution in [2.24, 2.45) is 0 Å². The Kier molecular flexibility index (Phi) is 7.67. The van der Waals surface area contributed by atoms with Crippen molar-refractivity contribution in [2.45, 2.75) is 43.3 Å². The third-order valence-electron chi connectivity index (χ3n) is 5.68. The van der Waals surface area contributed by atoms with Gasteiger partial charge in [0.1, 0.15) is 0 Å². The number of benzene rings is 2. The van der Waals surface area contributed by atoms with Crippen molar-refractivity contribution in [3.8, 4) is 0 Å². The first-order valence-corrected chi connectivity index (χ1v) is 12.2. The van der Waals surface area contributed by atoms with Gasteiger partial charge in [-0.25, -0.2) is 8.42 Å². The summed E-state index contributed by atoms with van der Waals surface area (Å²) in [4.78, 5) is 26.1. The number of carbonyl (C=O) groups is 2. The number of likely N-dealkylation sites (N-methyl/N-ethyl adjacent to an activating group) is 1. The molecule has 2 amide bonds. The highest BCUT2D eigenvalue weighted by Crippen LogP contribution is 2.34. The van der Waals surface area contributed by atoms with E-state index in [2.05, 4.69) is 5.32 Å². The van der Waals surface area contributed by atoms with Crippen molar-refractivity contribution in [3.05, 3.63) is 59.7 Å². The number of para-hydroxylation sites is 1. The van der Waals surface area contributed by atoms with E-state index in [0.29, 0.717) is 6.54 Å². The molecule has 7 nitrogen and oxygen atoms in total. The molecule has 1 fully saturated rings. The summed E-state index contributed by atoms with van der Waals surface area (Å²) in [6, 6.07) is 9.86. The van der Waals surface area contributed by atoms with Crippen molar-refractivity contribution < 1.29 is 31.2 Å². The van der Waals surface area contributed by atoms with Gasteiger partial charge in [-0.15, -0.1) is 0 Å². The number of piperidine rings is 1. The van der Waals surface area contributed by atoms with Gasteiger partial charge in [-0.05, 0) is 56.2 Å². The molecule has 1 atom stereocenters. The average molecular weight is 498 g/mol. The largest absolute Gasteiger partial charge is 0.418 e. The van der Waals surface area contributed by atoms with E-state index in [-0.39, 0.29) is 16.5 Å².